The minimum atomic E-state index is -3.63. The predicted molar refractivity (Wildman–Crippen MR) is 580 cm³/mol. The van der Waals surface area contributed by atoms with Crippen molar-refractivity contribution < 1.29 is 52.6 Å². The minimum Gasteiger partial charge on any atom is -0.488 e. The molecule has 8 fully saturated rings. The Morgan fingerprint density at radius 1 is 0.336 bits per heavy atom. The predicted octanol–water partition coefficient (Wildman–Crippen LogP) is 18.5. The third-order valence-electron chi connectivity index (χ3n) is 26.4. The van der Waals surface area contributed by atoms with Crippen molar-refractivity contribution in [3.8, 4) is 23.0 Å². The lowest BCUT2D eigenvalue weighted by Gasteiger charge is -2.24. The summed E-state index contributed by atoms with van der Waals surface area (Å²) in [6.45, 7) is 20.9. The Hall–Kier alpha value is -11.8. The summed E-state index contributed by atoms with van der Waals surface area (Å²) in [7, 11) is -9.51. The Labute approximate surface area is 887 Å². The summed E-state index contributed by atoms with van der Waals surface area (Å²) in [5, 5.41) is 54.0. The van der Waals surface area contributed by atoms with E-state index in [9.17, 15) is 33.7 Å². The maximum Gasteiger partial charge on any atom is 0.229 e. The number of hydrogen-bond donors (Lipinski definition) is 12. The molecule has 9 aliphatic rings. The maximum absolute atomic E-state index is 13.1. The molecule has 3 saturated heterocycles. The van der Waals surface area contributed by atoms with Gasteiger partial charge in [-0.25, -0.2) is 53.6 Å². The van der Waals surface area contributed by atoms with Gasteiger partial charge in [-0.1, -0.05) is 76.7 Å². The van der Waals surface area contributed by atoms with Gasteiger partial charge in [0.15, 0.2) is 23.3 Å². The summed E-state index contributed by atoms with van der Waals surface area (Å²) in [6, 6.07) is 25.1. The van der Waals surface area contributed by atoms with Crippen molar-refractivity contribution in [1.29, 1.82) is 0 Å². The monoisotopic (exact) mass is 2190 g/mol. The Morgan fingerprint density at radius 3 is 0.940 bits per heavy atom. The normalized spacial score (nSPS) is 17.3. The summed E-state index contributed by atoms with van der Waals surface area (Å²) < 4.78 is 134. The summed E-state index contributed by atoms with van der Waals surface area (Å²) in [6.07, 6.45) is 32.3. The smallest absolute Gasteiger partial charge is 0.229 e. The molecule has 40 nitrogen and oxygen atoms in total. The lowest BCUT2D eigenvalue weighted by atomic mass is 9.90. The van der Waals surface area contributed by atoms with Crippen LogP contribution in [0.1, 0.15) is 204 Å². The lowest BCUT2D eigenvalue weighted by molar-refractivity contribution is 0.304. The zero-order valence-corrected chi connectivity index (χ0v) is 91.0. The molecule has 4 aliphatic heterocycles. The van der Waals surface area contributed by atoms with Crippen LogP contribution in [0.15, 0.2) is 149 Å². The first kappa shape index (κ1) is 107. The molecule has 12 aromatic rings. The van der Waals surface area contributed by atoms with E-state index >= 15 is 0 Å². The molecule has 48 heteroatoms. The Balaban J connectivity index is 0.000000130. The van der Waals surface area contributed by atoms with Gasteiger partial charge in [0, 0.05) is 52.8 Å². The highest BCUT2D eigenvalue weighted by atomic mass is 35.5. The number of piperidine rings is 2. The number of sulfone groups is 4. The summed E-state index contributed by atoms with van der Waals surface area (Å²) in [5.41, 5.74) is 10.5. The lowest BCUT2D eigenvalue weighted by Crippen LogP contribution is -2.26. The van der Waals surface area contributed by atoms with Crippen molar-refractivity contribution in [3.05, 3.63) is 171 Å². The highest BCUT2D eigenvalue weighted by Crippen LogP contribution is 2.46. The topological polar surface area (TPSA) is 492 Å². The summed E-state index contributed by atoms with van der Waals surface area (Å²) in [5.74, 6) is 6.87. The second-order valence-electron chi connectivity index (χ2n) is 39.7. The highest BCUT2D eigenvalue weighted by molar-refractivity contribution is 7.93. The number of aromatic nitrogens is 16. The molecule has 21 rings (SSSR count). The van der Waals surface area contributed by atoms with Gasteiger partial charge in [-0.3, -0.25) is 18.7 Å². The summed E-state index contributed by atoms with van der Waals surface area (Å²) >= 11 is 25.6. The van der Waals surface area contributed by atoms with Crippen LogP contribution < -0.4 is 82.7 Å². The number of benzene rings is 4. The quantitative estimate of drug-likeness (QED) is 0.0172. The van der Waals surface area contributed by atoms with Crippen LogP contribution in [0.2, 0.25) is 20.1 Å². The van der Waals surface area contributed by atoms with Gasteiger partial charge in [-0.2, -0.15) is 40.3 Å². The van der Waals surface area contributed by atoms with Crippen molar-refractivity contribution in [1.82, 2.24) is 100 Å². The molecular weight excluding hydrogens is 2070 g/mol. The molecule has 0 bridgehead atoms. The number of rotatable bonds is 37. The van der Waals surface area contributed by atoms with Gasteiger partial charge in [0.05, 0.1) is 128 Å². The average molecular weight is 2190 g/mol. The van der Waals surface area contributed by atoms with Crippen LogP contribution in [0.4, 0.5) is 92.6 Å². The van der Waals surface area contributed by atoms with E-state index in [2.05, 4.69) is 179 Å². The van der Waals surface area contributed by atoms with Gasteiger partial charge in [-0.05, 0) is 292 Å². The molecule has 8 aromatic heterocycles. The van der Waals surface area contributed by atoms with Gasteiger partial charge < -0.3 is 82.7 Å². The average Bonchev–Trinajstić information content (AvgIpc) is 1.61. The third-order valence-corrected chi connectivity index (χ3v) is 35.8. The van der Waals surface area contributed by atoms with E-state index in [1.807, 2.05) is 24.3 Å². The van der Waals surface area contributed by atoms with Crippen molar-refractivity contribution in [2.45, 2.75) is 247 Å². The number of nitrogens with one attached hydrogen (secondary N) is 12. The molecule has 0 spiro atoms. The number of aryl methyl sites for hydroxylation is 3. The van der Waals surface area contributed by atoms with Gasteiger partial charge in [0.25, 0.3) is 0 Å². The van der Waals surface area contributed by atoms with E-state index in [-0.39, 0.29) is 88.1 Å². The number of anilines is 16. The number of hydrogen-bond acceptors (Lipinski definition) is 36. The first-order valence-corrected chi connectivity index (χ1v) is 58.3. The molecule has 4 aromatic carbocycles. The van der Waals surface area contributed by atoms with E-state index in [4.69, 9.17) is 65.4 Å². The highest BCUT2D eigenvalue weighted by Gasteiger charge is 2.38. The second-order valence-corrected chi connectivity index (χ2v) is 51.0. The zero-order valence-electron chi connectivity index (χ0n) is 84.7. The van der Waals surface area contributed by atoms with E-state index in [0.717, 1.165) is 206 Å². The largest absolute Gasteiger partial charge is 0.488 e. The molecule has 1 atom stereocenters. The molecular formula is C101H126Cl4N28O12S4. The van der Waals surface area contributed by atoms with Crippen LogP contribution in [0.3, 0.4) is 0 Å². The van der Waals surface area contributed by atoms with Crippen LogP contribution in [0.25, 0.3) is 5.57 Å². The molecule has 1 unspecified atom stereocenters. The van der Waals surface area contributed by atoms with Crippen LogP contribution in [0.5, 0.6) is 23.0 Å². The standard InChI is InChI=1S/C27H34ClN7O3S.C25H32ClN7O3S.C25H30ClN7O3S.C24H30ClN7O3S/c1-16(2)39(36,37)26-23(15-35(34-26)19-4-5-19)31-25-21(28)14-30-27(33-25)32-22-8-3-18(17-9-11-29-12-10-17)13-24(22)38-20-6-7-20;2*1-15(2)37(34,35)24-21(14-33(3)32-24)29-23-19(26)13-28-25(31-23)30-20-7-4-17(16-8-10-27-11-9-16)12-22(20)36-18-5-6-18;1-14(2)36(33,34)23-20(13-32(3)31-23)28-22-18(25)12-27-24(30-22)29-19-7-4-15(16-8-9-26-11-16)10-21(19)35-17-5-6-17/h3,8,13-17,19-20,29H,4-7,9-12H2,1-2H3,(H2,30,31,32,33);4,7,12-16,18,27H,5-6,8-11H2,1-3H3,(H2,28,29,30,31);4,7-8,12-15,18,27H,5-6,9-11H2,1-3H3,(H2,28,29,30,31);4,7,10,12-14,16-17,26H,5-6,8-9,11H2,1-3H3,(H2,27,28,29,30). The summed E-state index contributed by atoms with van der Waals surface area (Å²) in [4.78, 5) is 35.5. The Bertz CT molecular complexity index is 7380. The zero-order chi connectivity index (χ0) is 105. The molecule has 12 N–H and O–H groups in total. The van der Waals surface area contributed by atoms with Crippen LogP contribution in [-0.4, -0.2) is 210 Å². The fourth-order valence-corrected chi connectivity index (χ4v) is 21.9. The molecule has 5 saturated carbocycles. The van der Waals surface area contributed by atoms with Crippen molar-refractivity contribution in [2.75, 3.05) is 94.9 Å². The van der Waals surface area contributed by atoms with E-state index in [1.165, 1.54) is 61.1 Å². The van der Waals surface area contributed by atoms with Crippen molar-refractivity contribution in [3.63, 3.8) is 0 Å². The van der Waals surface area contributed by atoms with Gasteiger partial charge >= 0.3 is 0 Å². The van der Waals surface area contributed by atoms with Crippen LogP contribution in [-0.2, 0) is 60.5 Å². The first-order chi connectivity index (χ1) is 71.4. The molecule has 794 valence electrons. The minimum absolute atomic E-state index is 0.00205. The number of ether oxygens (including phenoxy) is 4. The van der Waals surface area contributed by atoms with Crippen molar-refractivity contribution >= 4 is 184 Å². The van der Waals surface area contributed by atoms with Gasteiger partial charge in [0.2, 0.25) is 83.2 Å². The van der Waals surface area contributed by atoms with Gasteiger partial charge in [0.1, 0.15) is 43.1 Å². The fraction of sp³-hybridized carbons (Fsp3) is 0.465. The first-order valence-electron chi connectivity index (χ1n) is 50.6. The van der Waals surface area contributed by atoms with Gasteiger partial charge in [-0.15, -0.1) is 0 Å². The molecule has 0 amide bonds. The second kappa shape index (κ2) is 46.2. The Morgan fingerprint density at radius 2 is 0.638 bits per heavy atom. The van der Waals surface area contributed by atoms with E-state index in [0.29, 0.717) is 70.1 Å². The van der Waals surface area contributed by atoms with E-state index < -0.39 is 60.3 Å². The van der Waals surface area contributed by atoms with Crippen molar-refractivity contribution in [2.24, 2.45) is 21.1 Å². The third kappa shape index (κ3) is 26.9. The fourth-order valence-electron chi connectivity index (χ4n) is 16.9. The van der Waals surface area contributed by atoms with E-state index in [1.54, 1.807) is 106 Å². The van der Waals surface area contributed by atoms with Crippen LogP contribution >= 0.6 is 46.4 Å². The molecule has 5 aliphatic carbocycles. The number of halogens is 4. The maximum atomic E-state index is 13.1. The molecule has 0 radical (unpaired) electrons. The Kier molecular flexibility index (Phi) is 33.2. The number of nitrogens with zero attached hydrogens (tertiary/aromatic N) is 16. The molecule has 149 heavy (non-hydrogen) atoms. The molecule has 12 heterocycles. The van der Waals surface area contributed by atoms with Crippen LogP contribution in [0, 0.1) is 0 Å². The SMILES string of the molecule is CC(C)S(=O)(=O)c1nn(C)cc1Nc1nc(Nc2ccc(C3=CCNCC3)cc2OC2CC2)ncc1Cl.CC(C)S(=O)(=O)c1nn(C)cc1Nc1nc(Nc2ccc(C3CCNC3)cc2OC2CC2)ncc1Cl.CC(C)S(=O)(=O)c1nn(C)cc1Nc1nc(Nc2ccc(C3CCNCC3)cc2OC2CC2)ncc1Cl.CC(C)S(=O)(=O)c1nn(C2CC2)cc1Nc1nc(Nc2ccc(C3CCNCC3)cc2OC2CC2)ncc1Cl.